The summed E-state index contributed by atoms with van der Waals surface area (Å²) in [5, 5.41) is 15.0. The van der Waals surface area contributed by atoms with Gasteiger partial charge in [-0.15, -0.1) is 0 Å². The van der Waals surface area contributed by atoms with E-state index < -0.39 is 14.9 Å². The molecule has 0 bridgehead atoms. The zero-order valence-electron chi connectivity index (χ0n) is 15.1. The van der Waals surface area contributed by atoms with Gasteiger partial charge in [-0.1, -0.05) is 17.7 Å². The summed E-state index contributed by atoms with van der Waals surface area (Å²) in [6.07, 6.45) is 1.56. The summed E-state index contributed by atoms with van der Waals surface area (Å²) in [6.45, 7) is 0.836. The lowest BCUT2D eigenvalue weighted by molar-refractivity contribution is -0.384. The number of nitro groups is 1. The summed E-state index contributed by atoms with van der Waals surface area (Å²) in [5.74, 6) is 0. The minimum atomic E-state index is -3.76. The lowest BCUT2D eigenvalue weighted by Crippen LogP contribution is -2.33. The monoisotopic (exact) mass is 455 g/mol. The van der Waals surface area contributed by atoms with Crippen LogP contribution in [0, 0.1) is 10.1 Å². The molecule has 0 atom stereocenters. The standard InChI is InChI=1S/C17H18ClN5O4S2/c18-12-4-3-5-13(10-12)19-17(28)21-20-15-7-6-14(11-16(15)23(24)25)29(26,27)22-8-1-2-9-22/h3-7,10-11,20H,1-2,8-9H2,(H2,19,21,28). The molecule has 0 radical (unpaired) electrons. The minimum absolute atomic E-state index is 0.0746. The molecule has 29 heavy (non-hydrogen) atoms. The number of rotatable bonds is 6. The molecule has 3 N–H and O–H groups in total. The van der Waals surface area contributed by atoms with E-state index in [0.717, 1.165) is 18.9 Å². The Morgan fingerprint density at radius 2 is 1.90 bits per heavy atom. The van der Waals surface area contributed by atoms with Crippen LogP contribution in [0.25, 0.3) is 0 Å². The van der Waals surface area contributed by atoms with Crippen molar-refractivity contribution in [1.82, 2.24) is 9.73 Å². The number of hydrogen-bond acceptors (Lipinski definition) is 6. The fourth-order valence-electron chi connectivity index (χ4n) is 2.86. The molecule has 2 aromatic rings. The van der Waals surface area contributed by atoms with E-state index in [2.05, 4.69) is 16.2 Å². The largest absolute Gasteiger partial charge is 0.331 e. The van der Waals surface area contributed by atoms with Gasteiger partial charge in [-0.3, -0.25) is 21.0 Å². The number of hydrazine groups is 1. The van der Waals surface area contributed by atoms with Gasteiger partial charge in [-0.05, 0) is 55.4 Å². The van der Waals surface area contributed by atoms with Crippen LogP contribution < -0.4 is 16.2 Å². The molecule has 9 nitrogen and oxygen atoms in total. The second-order valence-electron chi connectivity index (χ2n) is 6.26. The number of nitro benzene ring substituents is 1. The third kappa shape index (κ3) is 5.12. The van der Waals surface area contributed by atoms with Crippen LogP contribution in [0.1, 0.15) is 12.8 Å². The fourth-order valence-corrected chi connectivity index (χ4v) is 4.76. The van der Waals surface area contributed by atoms with E-state index in [1.165, 1.54) is 16.4 Å². The maximum atomic E-state index is 12.6. The molecule has 1 heterocycles. The highest BCUT2D eigenvalue weighted by Crippen LogP contribution is 2.29. The van der Waals surface area contributed by atoms with Gasteiger partial charge in [-0.25, -0.2) is 8.42 Å². The first kappa shape index (κ1) is 21.2. The molecule has 0 amide bonds. The Morgan fingerprint density at radius 1 is 1.17 bits per heavy atom. The van der Waals surface area contributed by atoms with Crippen molar-refractivity contribution in [2.24, 2.45) is 0 Å². The molecular formula is C17H18ClN5O4S2. The molecule has 154 valence electrons. The van der Waals surface area contributed by atoms with Gasteiger partial charge in [0, 0.05) is 29.9 Å². The molecule has 3 rings (SSSR count). The van der Waals surface area contributed by atoms with Gasteiger partial charge in [0.1, 0.15) is 5.69 Å². The minimum Gasteiger partial charge on any atom is -0.331 e. The molecule has 1 saturated heterocycles. The molecule has 0 aliphatic carbocycles. The van der Waals surface area contributed by atoms with Crippen molar-refractivity contribution in [2.45, 2.75) is 17.7 Å². The zero-order chi connectivity index (χ0) is 21.0. The first-order valence-electron chi connectivity index (χ1n) is 8.64. The lowest BCUT2D eigenvalue weighted by Gasteiger charge is -2.16. The van der Waals surface area contributed by atoms with E-state index in [-0.39, 0.29) is 21.4 Å². The second kappa shape index (κ2) is 8.91. The van der Waals surface area contributed by atoms with Gasteiger partial charge in [0.2, 0.25) is 10.0 Å². The molecule has 1 aliphatic rings. The zero-order valence-corrected chi connectivity index (χ0v) is 17.5. The first-order chi connectivity index (χ1) is 13.8. The quantitative estimate of drug-likeness (QED) is 0.345. The SMILES string of the molecule is O=[N+]([O-])c1cc(S(=O)(=O)N2CCCC2)ccc1NNC(=S)Nc1cccc(Cl)c1. The number of thiocarbonyl (C=S) groups is 1. The molecule has 2 aromatic carbocycles. The van der Waals surface area contributed by atoms with Crippen molar-refractivity contribution in [3.8, 4) is 0 Å². The number of anilines is 2. The van der Waals surface area contributed by atoms with Gasteiger partial charge in [0.25, 0.3) is 5.69 Å². The third-order valence-electron chi connectivity index (χ3n) is 4.26. The van der Waals surface area contributed by atoms with Crippen LogP contribution in [-0.4, -0.2) is 35.8 Å². The Labute approximate surface area is 178 Å². The maximum absolute atomic E-state index is 12.6. The molecule has 1 fully saturated rings. The predicted molar refractivity (Wildman–Crippen MR) is 116 cm³/mol. The normalized spacial score (nSPS) is 14.4. The van der Waals surface area contributed by atoms with Crippen molar-refractivity contribution in [3.63, 3.8) is 0 Å². The van der Waals surface area contributed by atoms with Gasteiger partial charge in [-0.2, -0.15) is 4.31 Å². The van der Waals surface area contributed by atoms with Crippen molar-refractivity contribution in [3.05, 3.63) is 57.6 Å². The average Bonchev–Trinajstić information content (AvgIpc) is 3.22. The van der Waals surface area contributed by atoms with E-state index in [9.17, 15) is 18.5 Å². The highest BCUT2D eigenvalue weighted by atomic mass is 35.5. The van der Waals surface area contributed by atoms with Gasteiger partial charge >= 0.3 is 0 Å². The summed E-state index contributed by atoms with van der Waals surface area (Å²) >= 11 is 11.1. The van der Waals surface area contributed by atoms with E-state index in [4.69, 9.17) is 23.8 Å². The van der Waals surface area contributed by atoms with Crippen molar-refractivity contribution < 1.29 is 13.3 Å². The number of nitrogens with zero attached hydrogens (tertiary/aromatic N) is 2. The van der Waals surface area contributed by atoms with Gasteiger partial charge in [0.15, 0.2) is 5.11 Å². The van der Waals surface area contributed by atoms with E-state index in [0.29, 0.717) is 23.8 Å². The smallest absolute Gasteiger partial charge is 0.295 e. The number of hydrogen-bond donors (Lipinski definition) is 3. The van der Waals surface area contributed by atoms with Crippen LogP contribution in [0.5, 0.6) is 0 Å². The number of nitrogens with one attached hydrogen (secondary N) is 3. The molecule has 0 unspecified atom stereocenters. The maximum Gasteiger partial charge on any atom is 0.295 e. The summed E-state index contributed by atoms with van der Waals surface area (Å²) in [7, 11) is -3.76. The Hall–Kier alpha value is -2.47. The Bertz CT molecular complexity index is 1040. The fraction of sp³-hybridized carbons (Fsp3) is 0.235. The number of sulfonamides is 1. The summed E-state index contributed by atoms with van der Waals surface area (Å²) < 4.78 is 26.6. The molecule has 0 aromatic heterocycles. The topological polar surface area (TPSA) is 117 Å². The number of halogens is 1. The first-order valence-corrected chi connectivity index (χ1v) is 10.9. The predicted octanol–water partition coefficient (Wildman–Crippen LogP) is 3.35. The van der Waals surface area contributed by atoms with E-state index in [1.807, 2.05) is 0 Å². The van der Waals surface area contributed by atoms with E-state index in [1.54, 1.807) is 24.3 Å². The molecule has 0 saturated carbocycles. The van der Waals surface area contributed by atoms with Crippen molar-refractivity contribution in [1.29, 1.82) is 0 Å². The second-order valence-corrected chi connectivity index (χ2v) is 9.04. The van der Waals surface area contributed by atoms with Crippen molar-refractivity contribution >= 4 is 56.0 Å². The Balaban J connectivity index is 1.74. The molecule has 0 spiro atoms. The highest BCUT2D eigenvalue weighted by molar-refractivity contribution is 7.89. The molecule has 12 heteroatoms. The van der Waals surface area contributed by atoms with Gasteiger partial charge < -0.3 is 5.32 Å². The summed E-state index contributed by atoms with van der Waals surface area (Å²) in [4.78, 5) is 10.7. The van der Waals surface area contributed by atoms with Crippen molar-refractivity contribution in [2.75, 3.05) is 23.8 Å². The highest BCUT2D eigenvalue weighted by Gasteiger charge is 2.29. The van der Waals surface area contributed by atoms with Crippen LogP contribution in [-0.2, 0) is 10.0 Å². The summed E-state index contributed by atoms with van der Waals surface area (Å²) in [5.41, 5.74) is 5.61. The van der Waals surface area contributed by atoms with Crippen LogP contribution in [0.2, 0.25) is 5.02 Å². The Kier molecular flexibility index (Phi) is 6.52. The number of benzene rings is 2. The summed E-state index contributed by atoms with van der Waals surface area (Å²) in [6, 6.07) is 10.6. The Morgan fingerprint density at radius 3 is 2.55 bits per heavy atom. The van der Waals surface area contributed by atoms with Crippen LogP contribution in [0.15, 0.2) is 47.4 Å². The van der Waals surface area contributed by atoms with Crippen LogP contribution in [0.4, 0.5) is 17.1 Å². The van der Waals surface area contributed by atoms with Crippen LogP contribution in [0.3, 0.4) is 0 Å². The van der Waals surface area contributed by atoms with E-state index >= 15 is 0 Å². The molecular weight excluding hydrogens is 438 g/mol. The lowest BCUT2D eigenvalue weighted by atomic mass is 10.3. The average molecular weight is 456 g/mol. The van der Waals surface area contributed by atoms with Crippen LogP contribution >= 0.6 is 23.8 Å². The third-order valence-corrected chi connectivity index (χ3v) is 6.60. The van der Waals surface area contributed by atoms with Gasteiger partial charge in [0.05, 0.1) is 9.82 Å². The molecule has 1 aliphatic heterocycles.